The highest BCUT2D eigenvalue weighted by molar-refractivity contribution is 5.39. The number of aromatic nitrogens is 4. The van der Waals surface area contributed by atoms with Crippen LogP contribution in [0.5, 0.6) is 0 Å². The molecule has 0 atom stereocenters. The zero-order chi connectivity index (χ0) is 10.8. The molecule has 2 aromatic rings. The van der Waals surface area contributed by atoms with Crippen LogP contribution in [0.25, 0.3) is 5.82 Å². The van der Waals surface area contributed by atoms with Gasteiger partial charge in [0.05, 0.1) is 5.69 Å². The van der Waals surface area contributed by atoms with Crippen LogP contribution in [0, 0.1) is 13.8 Å². The fourth-order valence-corrected chi connectivity index (χ4v) is 1.47. The number of hydrogen-bond donors (Lipinski definition) is 1. The normalized spacial score (nSPS) is 10.6. The second-order valence-electron chi connectivity index (χ2n) is 3.37. The van der Waals surface area contributed by atoms with Crippen molar-refractivity contribution in [1.29, 1.82) is 0 Å². The highest BCUT2D eigenvalue weighted by Crippen LogP contribution is 2.15. The molecule has 2 N–H and O–H groups in total. The Morgan fingerprint density at radius 2 is 2.13 bits per heavy atom. The molecule has 2 rings (SSSR count). The molecule has 0 aliphatic carbocycles. The van der Waals surface area contributed by atoms with E-state index in [9.17, 15) is 0 Å². The van der Waals surface area contributed by atoms with Gasteiger partial charge in [-0.25, -0.2) is 4.68 Å². The van der Waals surface area contributed by atoms with Crippen molar-refractivity contribution in [3.05, 3.63) is 35.3 Å². The van der Waals surface area contributed by atoms with Gasteiger partial charge in [0.25, 0.3) is 0 Å². The number of aryl methyl sites for hydroxylation is 1. The van der Waals surface area contributed by atoms with Crippen molar-refractivity contribution in [2.45, 2.75) is 20.4 Å². The minimum absolute atomic E-state index is 0.442. The third-order valence-electron chi connectivity index (χ3n) is 2.49. The predicted molar refractivity (Wildman–Crippen MR) is 56.5 cm³/mol. The highest BCUT2D eigenvalue weighted by atomic mass is 15.3. The van der Waals surface area contributed by atoms with E-state index >= 15 is 0 Å². The predicted octanol–water partition coefficient (Wildman–Crippen LogP) is 0.738. The standard InChI is InChI=1S/C10H13N5/c1-7-8(2)13-14-10(9(7)6-11)15-5-3-4-12-15/h3-5H,6,11H2,1-2H3. The van der Waals surface area contributed by atoms with Crippen LogP contribution < -0.4 is 5.73 Å². The average molecular weight is 203 g/mol. The van der Waals surface area contributed by atoms with Crippen LogP contribution in [-0.2, 0) is 6.54 Å². The molecule has 0 unspecified atom stereocenters. The van der Waals surface area contributed by atoms with E-state index in [2.05, 4.69) is 15.3 Å². The number of nitrogens with zero attached hydrogens (tertiary/aromatic N) is 4. The van der Waals surface area contributed by atoms with Crippen LogP contribution in [0.15, 0.2) is 18.5 Å². The molecular weight excluding hydrogens is 190 g/mol. The SMILES string of the molecule is Cc1nnc(-n2cccn2)c(CN)c1C. The van der Waals surface area contributed by atoms with Gasteiger partial charge < -0.3 is 5.73 Å². The minimum atomic E-state index is 0.442. The zero-order valence-electron chi connectivity index (χ0n) is 8.81. The number of nitrogens with two attached hydrogens (primary N) is 1. The molecule has 0 aromatic carbocycles. The monoisotopic (exact) mass is 203 g/mol. The first-order chi connectivity index (χ1) is 7.24. The fraction of sp³-hybridized carbons (Fsp3) is 0.300. The Bertz CT molecular complexity index is 461. The van der Waals surface area contributed by atoms with Gasteiger partial charge in [0.15, 0.2) is 5.82 Å². The van der Waals surface area contributed by atoms with Crippen molar-refractivity contribution >= 4 is 0 Å². The third-order valence-corrected chi connectivity index (χ3v) is 2.49. The summed E-state index contributed by atoms with van der Waals surface area (Å²) in [4.78, 5) is 0. The van der Waals surface area contributed by atoms with Gasteiger partial charge in [0, 0.05) is 24.5 Å². The zero-order valence-corrected chi connectivity index (χ0v) is 8.81. The first-order valence-electron chi connectivity index (χ1n) is 4.77. The summed E-state index contributed by atoms with van der Waals surface area (Å²) in [7, 11) is 0. The Morgan fingerprint density at radius 3 is 2.73 bits per heavy atom. The lowest BCUT2D eigenvalue weighted by molar-refractivity contribution is 0.775. The molecule has 0 bridgehead atoms. The van der Waals surface area contributed by atoms with Crippen LogP contribution in [0.2, 0.25) is 0 Å². The van der Waals surface area contributed by atoms with Crippen molar-refractivity contribution in [1.82, 2.24) is 20.0 Å². The molecular formula is C10H13N5. The van der Waals surface area contributed by atoms with Gasteiger partial charge in [0.1, 0.15) is 0 Å². The molecule has 0 saturated carbocycles. The summed E-state index contributed by atoms with van der Waals surface area (Å²) in [6, 6.07) is 1.84. The van der Waals surface area contributed by atoms with Gasteiger partial charge in [-0.3, -0.25) is 0 Å². The van der Waals surface area contributed by atoms with E-state index in [1.807, 2.05) is 26.1 Å². The molecule has 2 heterocycles. The van der Waals surface area contributed by atoms with Crippen molar-refractivity contribution < 1.29 is 0 Å². The summed E-state index contributed by atoms with van der Waals surface area (Å²) in [5.74, 6) is 0.714. The van der Waals surface area contributed by atoms with Gasteiger partial charge in [-0.2, -0.15) is 10.2 Å². The van der Waals surface area contributed by atoms with E-state index in [4.69, 9.17) is 5.73 Å². The van der Waals surface area contributed by atoms with Gasteiger partial charge in [-0.1, -0.05) is 0 Å². The molecule has 5 nitrogen and oxygen atoms in total. The van der Waals surface area contributed by atoms with Crippen LogP contribution in [0.4, 0.5) is 0 Å². The van der Waals surface area contributed by atoms with Gasteiger partial charge in [0.2, 0.25) is 0 Å². The summed E-state index contributed by atoms with van der Waals surface area (Å²) in [6.45, 7) is 4.37. The lowest BCUT2D eigenvalue weighted by Crippen LogP contribution is -2.12. The quantitative estimate of drug-likeness (QED) is 0.781. The van der Waals surface area contributed by atoms with E-state index in [0.717, 1.165) is 16.8 Å². The average Bonchev–Trinajstić information content (AvgIpc) is 2.75. The van der Waals surface area contributed by atoms with Gasteiger partial charge >= 0.3 is 0 Å². The maximum atomic E-state index is 5.72. The van der Waals surface area contributed by atoms with Gasteiger partial charge in [-0.15, -0.1) is 5.10 Å². The van der Waals surface area contributed by atoms with E-state index in [1.54, 1.807) is 10.9 Å². The van der Waals surface area contributed by atoms with Crippen LogP contribution in [0.1, 0.15) is 16.8 Å². The topological polar surface area (TPSA) is 69.6 Å². The maximum Gasteiger partial charge on any atom is 0.180 e. The largest absolute Gasteiger partial charge is 0.326 e. The minimum Gasteiger partial charge on any atom is -0.326 e. The first-order valence-corrected chi connectivity index (χ1v) is 4.77. The fourth-order valence-electron chi connectivity index (χ4n) is 1.47. The van der Waals surface area contributed by atoms with Crippen LogP contribution >= 0.6 is 0 Å². The lowest BCUT2D eigenvalue weighted by atomic mass is 10.1. The summed E-state index contributed by atoms with van der Waals surface area (Å²) in [5.41, 5.74) is 8.70. The second kappa shape index (κ2) is 3.78. The Morgan fingerprint density at radius 1 is 1.33 bits per heavy atom. The molecule has 0 spiro atoms. The van der Waals surface area contributed by atoms with E-state index in [-0.39, 0.29) is 0 Å². The molecule has 5 heteroatoms. The maximum absolute atomic E-state index is 5.72. The molecule has 2 aromatic heterocycles. The lowest BCUT2D eigenvalue weighted by Gasteiger charge is -2.10. The number of rotatable bonds is 2. The molecule has 0 aliphatic rings. The van der Waals surface area contributed by atoms with E-state index in [0.29, 0.717) is 12.4 Å². The smallest absolute Gasteiger partial charge is 0.180 e. The Kier molecular flexibility index (Phi) is 2.47. The van der Waals surface area contributed by atoms with Gasteiger partial charge in [-0.05, 0) is 25.5 Å². The summed E-state index contributed by atoms with van der Waals surface area (Å²) in [6.07, 6.45) is 3.54. The molecule has 0 radical (unpaired) electrons. The van der Waals surface area contributed by atoms with Crippen molar-refractivity contribution in [2.75, 3.05) is 0 Å². The second-order valence-corrected chi connectivity index (χ2v) is 3.37. The third kappa shape index (κ3) is 1.61. The Labute approximate surface area is 87.9 Å². The van der Waals surface area contributed by atoms with E-state index < -0.39 is 0 Å². The van der Waals surface area contributed by atoms with Crippen LogP contribution in [-0.4, -0.2) is 20.0 Å². The molecule has 0 aliphatic heterocycles. The summed E-state index contributed by atoms with van der Waals surface area (Å²) < 4.78 is 1.68. The molecule has 78 valence electrons. The van der Waals surface area contributed by atoms with Crippen molar-refractivity contribution in [2.24, 2.45) is 5.73 Å². The van der Waals surface area contributed by atoms with E-state index in [1.165, 1.54) is 0 Å². The molecule has 0 fully saturated rings. The molecule has 0 saturated heterocycles. The Hall–Kier alpha value is -1.75. The molecule has 15 heavy (non-hydrogen) atoms. The first kappa shape index (κ1) is 9.79. The number of hydrogen-bond acceptors (Lipinski definition) is 4. The highest BCUT2D eigenvalue weighted by Gasteiger charge is 2.11. The summed E-state index contributed by atoms with van der Waals surface area (Å²) in [5, 5.41) is 12.3. The summed E-state index contributed by atoms with van der Waals surface area (Å²) >= 11 is 0. The molecule has 0 amide bonds. The Balaban J connectivity index is 2.62. The van der Waals surface area contributed by atoms with Crippen molar-refractivity contribution in [3.8, 4) is 5.82 Å². The van der Waals surface area contributed by atoms with Crippen LogP contribution in [0.3, 0.4) is 0 Å². The van der Waals surface area contributed by atoms with Crippen molar-refractivity contribution in [3.63, 3.8) is 0 Å².